The van der Waals surface area contributed by atoms with Gasteiger partial charge in [-0.05, 0) is 18.9 Å². The lowest BCUT2D eigenvalue weighted by Gasteiger charge is -2.29. The molecule has 7 nitrogen and oxygen atoms in total. The second-order valence-electron chi connectivity index (χ2n) is 6.40. The first-order valence-corrected chi connectivity index (χ1v) is 7.08. The van der Waals surface area contributed by atoms with Crippen LogP contribution in [0.15, 0.2) is 15.5 Å². The van der Waals surface area contributed by atoms with Crippen LogP contribution in [0.4, 0.5) is 0 Å². The van der Waals surface area contributed by atoms with E-state index in [9.17, 15) is 9.59 Å². The Hall–Kier alpha value is -2.15. The van der Waals surface area contributed by atoms with Crippen molar-refractivity contribution in [2.45, 2.75) is 20.8 Å². The van der Waals surface area contributed by atoms with Crippen LogP contribution in [-0.2, 0) is 7.05 Å². The highest BCUT2D eigenvalue weighted by molar-refractivity contribution is 6.06. The summed E-state index contributed by atoms with van der Waals surface area (Å²) < 4.78 is 6.80. The van der Waals surface area contributed by atoms with Crippen molar-refractivity contribution < 1.29 is 9.21 Å². The predicted octanol–water partition coefficient (Wildman–Crippen LogP) is 0.892. The first-order valence-electron chi connectivity index (χ1n) is 7.08. The van der Waals surface area contributed by atoms with Gasteiger partial charge >= 0.3 is 0 Å². The van der Waals surface area contributed by atoms with E-state index in [4.69, 9.17) is 10.2 Å². The van der Waals surface area contributed by atoms with Crippen molar-refractivity contribution in [3.05, 3.63) is 28.0 Å². The van der Waals surface area contributed by atoms with Gasteiger partial charge in [-0.25, -0.2) is 4.98 Å². The van der Waals surface area contributed by atoms with E-state index in [2.05, 4.69) is 4.98 Å². The van der Waals surface area contributed by atoms with Crippen LogP contribution in [0.25, 0.3) is 11.1 Å². The van der Waals surface area contributed by atoms with Crippen molar-refractivity contribution in [1.29, 1.82) is 0 Å². The van der Waals surface area contributed by atoms with Crippen molar-refractivity contribution in [2.24, 2.45) is 18.2 Å². The predicted molar refractivity (Wildman–Crippen MR) is 83.8 cm³/mol. The maximum absolute atomic E-state index is 12.7. The van der Waals surface area contributed by atoms with Gasteiger partial charge in [-0.3, -0.25) is 9.59 Å². The van der Waals surface area contributed by atoms with E-state index in [0.717, 1.165) is 0 Å². The topological polar surface area (TPSA) is 94.4 Å². The lowest BCUT2D eigenvalue weighted by molar-refractivity contribution is 0.0740. The molecule has 120 valence electrons. The molecule has 1 amide bonds. The molecule has 0 fully saturated rings. The second kappa shape index (κ2) is 5.57. The number of fused-ring (bicyclic) bond motifs is 1. The normalized spacial score (nSPS) is 11.9. The van der Waals surface area contributed by atoms with Crippen molar-refractivity contribution in [3.8, 4) is 0 Å². The van der Waals surface area contributed by atoms with Gasteiger partial charge in [-0.2, -0.15) is 0 Å². The van der Waals surface area contributed by atoms with E-state index >= 15 is 0 Å². The number of hydrogen-bond donors (Lipinski definition) is 1. The molecule has 0 saturated heterocycles. The maximum Gasteiger partial charge on any atom is 0.265 e. The van der Waals surface area contributed by atoms with Gasteiger partial charge in [0, 0.05) is 20.6 Å². The average molecular weight is 306 g/mol. The molecule has 0 spiro atoms. The van der Waals surface area contributed by atoms with E-state index in [1.165, 1.54) is 10.9 Å². The molecule has 0 bridgehead atoms. The number of hydrogen-bond acceptors (Lipinski definition) is 5. The number of aromatic nitrogens is 2. The number of amides is 1. The number of carbonyl (C=O) groups is 1. The Morgan fingerprint density at radius 3 is 2.73 bits per heavy atom. The number of furan rings is 1. The molecule has 0 atom stereocenters. The Bertz CT molecular complexity index is 773. The molecule has 2 N–H and O–H groups in total. The zero-order valence-electron chi connectivity index (χ0n) is 13.6. The minimum atomic E-state index is -0.295. The van der Waals surface area contributed by atoms with Crippen LogP contribution >= 0.6 is 0 Å². The molecule has 2 rings (SSSR count). The van der Waals surface area contributed by atoms with Crippen LogP contribution in [0.3, 0.4) is 0 Å². The molecule has 7 heteroatoms. The summed E-state index contributed by atoms with van der Waals surface area (Å²) in [7, 11) is 3.28. The Labute approximate surface area is 128 Å². The number of nitrogens with two attached hydrogens (primary N) is 1. The number of carbonyl (C=O) groups excluding carboxylic acids is 1. The molecule has 2 aromatic heterocycles. The van der Waals surface area contributed by atoms with E-state index in [1.54, 1.807) is 25.9 Å². The van der Waals surface area contributed by atoms with Gasteiger partial charge in [-0.15, -0.1) is 0 Å². The third kappa shape index (κ3) is 2.76. The fourth-order valence-corrected chi connectivity index (χ4v) is 2.41. The quantitative estimate of drug-likeness (QED) is 0.905. The summed E-state index contributed by atoms with van der Waals surface area (Å²) in [5.74, 6) is 0.135. The van der Waals surface area contributed by atoms with Crippen molar-refractivity contribution in [3.63, 3.8) is 0 Å². The largest absolute Gasteiger partial charge is 0.442 e. The Morgan fingerprint density at radius 2 is 2.14 bits per heavy atom. The highest BCUT2D eigenvalue weighted by atomic mass is 16.3. The maximum atomic E-state index is 12.7. The molecule has 0 aliphatic carbocycles. The number of rotatable bonds is 4. The molecule has 0 unspecified atom stereocenters. The first-order chi connectivity index (χ1) is 10.2. The first kappa shape index (κ1) is 16.2. The highest BCUT2D eigenvalue weighted by Crippen LogP contribution is 2.23. The summed E-state index contributed by atoms with van der Waals surface area (Å²) in [6.45, 7) is 6.57. The molecule has 2 heterocycles. The standard InChI is InChI=1S/C15H22N4O3/c1-9-10(13(20)18(4)7-15(2,3)6-16)11-12(22-9)17-8-19(5)14(11)21/h8H,6-7,16H2,1-5H3. The Kier molecular flexibility index (Phi) is 4.10. The van der Waals surface area contributed by atoms with E-state index < -0.39 is 0 Å². The summed E-state index contributed by atoms with van der Waals surface area (Å²) in [4.78, 5) is 30.7. The van der Waals surface area contributed by atoms with E-state index in [0.29, 0.717) is 18.8 Å². The zero-order chi connectivity index (χ0) is 16.7. The molecule has 0 saturated carbocycles. The fraction of sp³-hybridized carbons (Fsp3) is 0.533. The summed E-state index contributed by atoms with van der Waals surface area (Å²) in [6.07, 6.45) is 1.38. The lowest BCUT2D eigenvalue weighted by Crippen LogP contribution is -2.40. The number of aryl methyl sites for hydroxylation is 2. The fourth-order valence-electron chi connectivity index (χ4n) is 2.41. The van der Waals surface area contributed by atoms with Crippen molar-refractivity contribution in [2.75, 3.05) is 20.1 Å². The van der Waals surface area contributed by atoms with Gasteiger partial charge < -0.3 is 19.6 Å². The SMILES string of the molecule is Cc1oc2ncn(C)c(=O)c2c1C(=O)N(C)CC(C)(C)CN. The highest BCUT2D eigenvalue weighted by Gasteiger charge is 2.27. The zero-order valence-corrected chi connectivity index (χ0v) is 13.6. The monoisotopic (exact) mass is 306 g/mol. The summed E-state index contributed by atoms with van der Waals surface area (Å²) in [6, 6.07) is 0. The third-order valence-electron chi connectivity index (χ3n) is 3.73. The van der Waals surface area contributed by atoms with Crippen LogP contribution < -0.4 is 11.3 Å². The summed E-state index contributed by atoms with van der Waals surface area (Å²) in [5, 5.41) is 0.227. The Balaban J connectivity index is 2.51. The van der Waals surface area contributed by atoms with Gasteiger partial charge in [0.15, 0.2) is 0 Å². The van der Waals surface area contributed by atoms with Gasteiger partial charge in [0.2, 0.25) is 5.71 Å². The van der Waals surface area contributed by atoms with Crippen molar-refractivity contribution >= 4 is 17.0 Å². The van der Waals surface area contributed by atoms with Gasteiger partial charge in [0.05, 0.1) is 5.56 Å². The van der Waals surface area contributed by atoms with E-state index in [-0.39, 0.29) is 33.5 Å². The number of nitrogens with zero attached hydrogens (tertiary/aromatic N) is 3. The van der Waals surface area contributed by atoms with Crippen LogP contribution in [0.1, 0.15) is 30.0 Å². The van der Waals surface area contributed by atoms with Gasteiger partial charge in [0.1, 0.15) is 17.5 Å². The minimum Gasteiger partial charge on any atom is -0.442 e. The molecule has 0 aliphatic heterocycles. The molecule has 0 radical (unpaired) electrons. The second-order valence-corrected chi connectivity index (χ2v) is 6.40. The third-order valence-corrected chi connectivity index (χ3v) is 3.73. The van der Waals surface area contributed by atoms with Crippen LogP contribution in [0.2, 0.25) is 0 Å². The smallest absolute Gasteiger partial charge is 0.265 e. The molecule has 2 aromatic rings. The summed E-state index contributed by atoms with van der Waals surface area (Å²) >= 11 is 0. The summed E-state index contributed by atoms with van der Waals surface area (Å²) in [5.41, 5.74) is 5.68. The lowest BCUT2D eigenvalue weighted by atomic mass is 9.93. The molecular weight excluding hydrogens is 284 g/mol. The minimum absolute atomic E-state index is 0.190. The van der Waals surface area contributed by atoms with Gasteiger partial charge in [0.25, 0.3) is 11.5 Å². The molecular formula is C15H22N4O3. The van der Waals surface area contributed by atoms with Crippen LogP contribution in [0.5, 0.6) is 0 Å². The van der Waals surface area contributed by atoms with Crippen LogP contribution in [0, 0.1) is 12.3 Å². The van der Waals surface area contributed by atoms with E-state index in [1.807, 2.05) is 13.8 Å². The van der Waals surface area contributed by atoms with Crippen molar-refractivity contribution in [1.82, 2.24) is 14.5 Å². The molecule has 0 aliphatic rings. The average Bonchev–Trinajstić information content (AvgIpc) is 2.78. The molecule has 22 heavy (non-hydrogen) atoms. The van der Waals surface area contributed by atoms with Crippen LogP contribution in [-0.4, -0.2) is 40.5 Å². The van der Waals surface area contributed by atoms with Gasteiger partial charge in [-0.1, -0.05) is 13.8 Å². The molecule has 0 aromatic carbocycles. The Morgan fingerprint density at radius 1 is 1.50 bits per heavy atom.